The zero-order valence-corrected chi connectivity index (χ0v) is 10.9. The van der Waals surface area contributed by atoms with E-state index in [2.05, 4.69) is 12.2 Å². The van der Waals surface area contributed by atoms with Crippen LogP contribution in [0.3, 0.4) is 0 Å². The Labute approximate surface area is 101 Å². The molecule has 0 aromatic heterocycles. The van der Waals surface area contributed by atoms with Crippen LogP contribution in [0.1, 0.15) is 52.4 Å². The Balaban J connectivity index is 0.000000386. The molecule has 4 saturated carbocycles. The van der Waals surface area contributed by atoms with E-state index in [4.69, 9.17) is 0 Å². The fourth-order valence-electron chi connectivity index (χ4n) is 5.32. The Morgan fingerprint density at radius 1 is 0.625 bits per heavy atom. The molecule has 90 valence electrons. The van der Waals surface area contributed by atoms with E-state index in [-0.39, 0.29) is 0 Å². The van der Waals surface area contributed by atoms with E-state index in [1.165, 1.54) is 12.8 Å². The first-order valence-electron chi connectivity index (χ1n) is 7.62. The summed E-state index contributed by atoms with van der Waals surface area (Å²) in [5, 5.41) is 0. The van der Waals surface area contributed by atoms with Gasteiger partial charge in [-0.25, -0.2) is 0 Å². The van der Waals surface area contributed by atoms with Crippen molar-refractivity contribution in [3.05, 3.63) is 12.2 Å². The highest BCUT2D eigenvalue weighted by molar-refractivity contribution is 5.14. The van der Waals surface area contributed by atoms with Crippen molar-refractivity contribution >= 4 is 0 Å². The monoisotopic (exact) mass is 218 g/mol. The average molecular weight is 218 g/mol. The Hall–Kier alpha value is -0.260. The fourth-order valence-corrected chi connectivity index (χ4v) is 5.32. The van der Waals surface area contributed by atoms with Crippen LogP contribution in [0.4, 0.5) is 0 Å². The molecule has 0 spiro atoms. The summed E-state index contributed by atoms with van der Waals surface area (Å²) >= 11 is 0. The van der Waals surface area contributed by atoms with E-state index >= 15 is 0 Å². The second kappa shape index (κ2) is 4.20. The normalized spacial score (nSPS) is 51.9. The molecule has 0 N–H and O–H groups in total. The molecule has 0 heterocycles. The predicted molar refractivity (Wildman–Crippen MR) is 69.1 cm³/mol. The van der Waals surface area contributed by atoms with E-state index < -0.39 is 0 Å². The molecular weight excluding hydrogens is 192 g/mol. The Kier molecular flexibility index (Phi) is 2.85. The van der Waals surface area contributed by atoms with Gasteiger partial charge in [0.2, 0.25) is 0 Å². The van der Waals surface area contributed by atoms with Crippen LogP contribution in [0.25, 0.3) is 0 Å². The van der Waals surface area contributed by atoms with Gasteiger partial charge in [-0.2, -0.15) is 0 Å². The van der Waals surface area contributed by atoms with E-state index in [1.807, 2.05) is 13.8 Å². The Bertz CT molecular complexity index is 242. The standard InChI is InChI=1S/C14H20.C2H6/c1-2-10-4-3-9(1)13-11-5-7-12(8-6-11)14(10)13;1-2/h1-2,9-14H,3-8H2;1-2H3. The van der Waals surface area contributed by atoms with Gasteiger partial charge in [-0.3, -0.25) is 0 Å². The summed E-state index contributed by atoms with van der Waals surface area (Å²) in [6.45, 7) is 4.00. The van der Waals surface area contributed by atoms with Crippen molar-refractivity contribution in [1.82, 2.24) is 0 Å². The van der Waals surface area contributed by atoms with Crippen molar-refractivity contribution in [2.75, 3.05) is 0 Å². The van der Waals surface area contributed by atoms with E-state index in [9.17, 15) is 0 Å². The minimum Gasteiger partial charge on any atom is -0.0848 e. The summed E-state index contributed by atoms with van der Waals surface area (Å²) in [6.07, 6.45) is 14.5. The minimum absolute atomic E-state index is 0.998. The highest BCUT2D eigenvalue weighted by atomic mass is 14.6. The van der Waals surface area contributed by atoms with Gasteiger partial charge in [-0.15, -0.1) is 0 Å². The zero-order valence-electron chi connectivity index (χ0n) is 10.9. The van der Waals surface area contributed by atoms with Gasteiger partial charge in [0.25, 0.3) is 0 Å². The van der Waals surface area contributed by atoms with Gasteiger partial charge >= 0.3 is 0 Å². The smallest absolute Gasteiger partial charge is 0.0199 e. The third-order valence-corrected chi connectivity index (χ3v) is 5.78. The lowest BCUT2D eigenvalue weighted by Gasteiger charge is -2.58. The molecular formula is C16H26. The van der Waals surface area contributed by atoms with Crippen LogP contribution in [-0.4, -0.2) is 0 Å². The summed E-state index contributed by atoms with van der Waals surface area (Å²) in [5.74, 6) is 6.51. The van der Waals surface area contributed by atoms with Crippen LogP contribution in [0.2, 0.25) is 0 Å². The van der Waals surface area contributed by atoms with Crippen LogP contribution < -0.4 is 0 Å². The Morgan fingerprint density at radius 3 is 1.31 bits per heavy atom. The largest absolute Gasteiger partial charge is 0.0848 e. The number of hydrogen-bond acceptors (Lipinski definition) is 0. The van der Waals surface area contributed by atoms with Crippen molar-refractivity contribution < 1.29 is 0 Å². The summed E-state index contributed by atoms with van der Waals surface area (Å²) in [7, 11) is 0. The summed E-state index contributed by atoms with van der Waals surface area (Å²) < 4.78 is 0. The molecule has 6 rings (SSSR count). The molecule has 0 heteroatoms. The van der Waals surface area contributed by atoms with Gasteiger partial charge in [0, 0.05) is 0 Å². The average Bonchev–Trinajstić information content (AvgIpc) is 2.44. The second-order valence-electron chi connectivity index (χ2n) is 6.12. The molecule has 4 bridgehead atoms. The lowest BCUT2D eigenvalue weighted by atomic mass is 9.47. The number of allylic oxidation sites excluding steroid dienone is 2. The quantitative estimate of drug-likeness (QED) is 0.519. The molecule has 16 heavy (non-hydrogen) atoms. The van der Waals surface area contributed by atoms with Crippen molar-refractivity contribution in [3.8, 4) is 0 Å². The van der Waals surface area contributed by atoms with E-state index in [1.54, 1.807) is 25.7 Å². The molecule has 4 atom stereocenters. The van der Waals surface area contributed by atoms with Crippen LogP contribution in [0.15, 0.2) is 12.2 Å². The van der Waals surface area contributed by atoms with Crippen molar-refractivity contribution in [1.29, 1.82) is 0 Å². The minimum atomic E-state index is 0.998. The molecule has 4 unspecified atom stereocenters. The van der Waals surface area contributed by atoms with Crippen LogP contribution in [-0.2, 0) is 0 Å². The van der Waals surface area contributed by atoms with E-state index in [0.717, 1.165) is 35.5 Å². The van der Waals surface area contributed by atoms with Gasteiger partial charge in [-0.05, 0) is 74.0 Å². The van der Waals surface area contributed by atoms with Gasteiger partial charge in [-0.1, -0.05) is 26.0 Å². The molecule has 0 amide bonds. The third kappa shape index (κ3) is 1.41. The SMILES string of the molecule is C1=CC2CCC1C1C3CCC(CC3)C21.CC. The molecule has 0 nitrogen and oxygen atoms in total. The summed E-state index contributed by atoms with van der Waals surface area (Å²) in [5.41, 5.74) is 0. The highest BCUT2D eigenvalue weighted by Crippen LogP contribution is 2.60. The van der Waals surface area contributed by atoms with E-state index in [0.29, 0.717) is 0 Å². The molecule has 4 fully saturated rings. The Morgan fingerprint density at radius 2 is 1.00 bits per heavy atom. The first-order chi connectivity index (χ1) is 7.93. The van der Waals surface area contributed by atoms with Gasteiger partial charge in [0.05, 0.1) is 0 Å². The van der Waals surface area contributed by atoms with Crippen molar-refractivity contribution in [3.63, 3.8) is 0 Å². The fraction of sp³-hybridized carbons (Fsp3) is 0.875. The van der Waals surface area contributed by atoms with Crippen molar-refractivity contribution in [2.24, 2.45) is 35.5 Å². The maximum absolute atomic E-state index is 2.58. The first-order valence-corrected chi connectivity index (χ1v) is 7.62. The van der Waals surface area contributed by atoms with Crippen LogP contribution in [0.5, 0.6) is 0 Å². The van der Waals surface area contributed by atoms with Gasteiger partial charge in [0.15, 0.2) is 0 Å². The first kappa shape index (κ1) is 10.9. The maximum Gasteiger partial charge on any atom is -0.0199 e. The number of fused-ring (bicyclic) bond motifs is 3. The second-order valence-corrected chi connectivity index (χ2v) is 6.12. The molecule has 6 aliphatic carbocycles. The topological polar surface area (TPSA) is 0 Å². The molecule has 0 aromatic carbocycles. The molecule has 6 aliphatic rings. The molecule has 0 saturated heterocycles. The predicted octanol–water partition coefficient (Wildman–Crippen LogP) is 4.66. The zero-order chi connectivity index (χ0) is 11.1. The lowest BCUT2D eigenvalue weighted by molar-refractivity contribution is -0.0571. The molecule has 0 radical (unpaired) electrons. The third-order valence-electron chi connectivity index (χ3n) is 5.78. The summed E-state index contributed by atoms with van der Waals surface area (Å²) in [4.78, 5) is 0. The van der Waals surface area contributed by atoms with Crippen LogP contribution in [0, 0.1) is 35.5 Å². The molecule has 0 aliphatic heterocycles. The highest BCUT2D eigenvalue weighted by Gasteiger charge is 2.52. The number of hydrogen-bond donors (Lipinski definition) is 0. The van der Waals surface area contributed by atoms with Crippen molar-refractivity contribution in [2.45, 2.75) is 52.4 Å². The summed E-state index contributed by atoms with van der Waals surface area (Å²) in [6, 6.07) is 0. The maximum atomic E-state index is 2.58. The molecule has 0 aromatic rings. The lowest BCUT2D eigenvalue weighted by Crippen LogP contribution is -2.50. The number of rotatable bonds is 0. The van der Waals surface area contributed by atoms with Gasteiger partial charge in [0.1, 0.15) is 0 Å². The van der Waals surface area contributed by atoms with Crippen LogP contribution >= 0.6 is 0 Å². The van der Waals surface area contributed by atoms with Gasteiger partial charge < -0.3 is 0 Å².